The Hall–Kier alpha value is -1.84. The Labute approximate surface area is 113 Å². The van der Waals surface area contributed by atoms with Crippen LogP contribution in [0.15, 0.2) is 24.3 Å². The molecular weight excluding hydrogens is 240 g/mol. The van der Waals surface area contributed by atoms with Crippen molar-refractivity contribution < 1.29 is 9.59 Å². The topological polar surface area (TPSA) is 58.2 Å². The molecule has 0 heterocycles. The number of carbonyl (C=O) groups is 2. The Kier molecular flexibility index (Phi) is 4.55. The van der Waals surface area contributed by atoms with Gasteiger partial charge in [0.15, 0.2) is 0 Å². The highest BCUT2D eigenvalue weighted by atomic mass is 16.2. The average Bonchev–Trinajstić information content (AvgIpc) is 2.39. The molecule has 4 nitrogen and oxygen atoms in total. The van der Waals surface area contributed by atoms with E-state index in [1.807, 2.05) is 0 Å². The molecule has 4 heteroatoms. The standard InChI is InChI=1S/C15H20N2O2/c1-11(18)16-14-9-5-6-12(10-14)15(19)17-13-7-3-2-4-8-13/h5-6,9-10,13H,2-4,7-8H2,1H3,(H,16,18)(H,17,19). The van der Waals surface area contributed by atoms with E-state index in [1.165, 1.54) is 26.2 Å². The van der Waals surface area contributed by atoms with Crippen molar-refractivity contribution in [1.29, 1.82) is 0 Å². The van der Waals surface area contributed by atoms with E-state index in [0.717, 1.165) is 12.8 Å². The van der Waals surface area contributed by atoms with Gasteiger partial charge in [-0.25, -0.2) is 0 Å². The monoisotopic (exact) mass is 260 g/mol. The van der Waals surface area contributed by atoms with Crippen LogP contribution >= 0.6 is 0 Å². The Bertz CT molecular complexity index is 465. The van der Waals surface area contributed by atoms with Gasteiger partial charge in [-0.05, 0) is 31.0 Å². The summed E-state index contributed by atoms with van der Waals surface area (Å²) in [5.74, 6) is -0.191. The fourth-order valence-corrected chi connectivity index (χ4v) is 2.46. The Morgan fingerprint density at radius 1 is 1.16 bits per heavy atom. The van der Waals surface area contributed by atoms with Crippen molar-refractivity contribution in [1.82, 2.24) is 5.32 Å². The first-order valence-electron chi connectivity index (χ1n) is 6.83. The number of rotatable bonds is 3. The first-order valence-corrected chi connectivity index (χ1v) is 6.83. The highest BCUT2D eigenvalue weighted by molar-refractivity contribution is 5.96. The van der Waals surface area contributed by atoms with Gasteiger partial charge in [0.25, 0.3) is 5.91 Å². The molecule has 0 bridgehead atoms. The summed E-state index contributed by atoms with van der Waals surface area (Å²) in [7, 11) is 0. The summed E-state index contributed by atoms with van der Waals surface area (Å²) in [5.41, 5.74) is 1.25. The number of amides is 2. The Morgan fingerprint density at radius 3 is 2.58 bits per heavy atom. The first kappa shape index (κ1) is 13.6. The van der Waals surface area contributed by atoms with Crippen molar-refractivity contribution in [2.24, 2.45) is 0 Å². The summed E-state index contributed by atoms with van der Waals surface area (Å²) < 4.78 is 0. The number of anilines is 1. The van der Waals surface area contributed by atoms with Gasteiger partial charge in [0.05, 0.1) is 0 Å². The van der Waals surface area contributed by atoms with Gasteiger partial charge in [-0.3, -0.25) is 9.59 Å². The maximum Gasteiger partial charge on any atom is 0.251 e. The summed E-state index contributed by atoms with van der Waals surface area (Å²) in [6.07, 6.45) is 5.78. The highest BCUT2D eigenvalue weighted by Crippen LogP contribution is 2.18. The third-order valence-corrected chi connectivity index (χ3v) is 3.39. The van der Waals surface area contributed by atoms with Gasteiger partial charge in [-0.15, -0.1) is 0 Å². The minimum atomic E-state index is -0.134. The van der Waals surface area contributed by atoms with Gasteiger partial charge in [0.2, 0.25) is 5.91 Å². The Morgan fingerprint density at radius 2 is 1.89 bits per heavy atom. The SMILES string of the molecule is CC(=O)Nc1cccc(C(=O)NC2CCCCC2)c1. The van der Waals surface area contributed by atoms with Crippen molar-refractivity contribution in [3.63, 3.8) is 0 Å². The van der Waals surface area contributed by atoms with E-state index in [-0.39, 0.29) is 11.8 Å². The molecule has 0 unspecified atom stereocenters. The molecule has 0 radical (unpaired) electrons. The number of hydrogen-bond donors (Lipinski definition) is 2. The summed E-state index contributed by atoms with van der Waals surface area (Å²) in [4.78, 5) is 23.1. The first-order chi connectivity index (χ1) is 9.15. The lowest BCUT2D eigenvalue weighted by molar-refractivity contribution is -0.114. The lowest BCUT2D eigenvalue weighted by atomic mass is 9.95. The van der Waals surface area contributed by atoms with Crippen LogP contribution in [0.4, 0.5) is 5.69 Å². The second kappa shape index (κ2) is 6.36. The molecule has 1 aliphatic carbocycles. The van der Waals surface area contributed by atoms with E-state index in [0.29, 0.717) is 17.3 Å². The van der Waals surface area contributed by atoms with Crippen molar-refractivity contribution in [2.45, 2.75) is 45.1 Å². The van der Waals surface area contributed by atoms with E-state index >= 15 is 0 Å². The number of carbonyl (C=O) groups excluding carboxylic acids is 2. The minimum absolute atomic E-state index is 0.0564. The lowest BCUT2D eigenvalue weighted by Gasteiger charge is -2.22. The van der Waals surface area contributed by atoms with Crippen LogP contribution in [-0.4, -0.2) is 17.9 Å². The number of nitrogens with one attached hydrogen (secondary N) is 2. The molecule has 102 valence electrons. The predicted octanol–water partition coefficient (Wildman–Crippen LogP) is 2.71. The fourth-order valence-electron chi connectivity index (χ4n) is 2.46. The number of hydrogen-bond acceptors (Lipinski definition) is 2. The van der Waals surface area contributed by atoms with E-state index in [9.17, 15) is 9.59 Å². The van der Waals surface area contributed by atoms with E-state index in [4.69, 9.17) is 0 Å². The lowest BCUT2D eigenvalue weighted by Crippen LogP contribution is -2.36. The van der Waals surface area contributed by atoms with Crippen LogP contribution < -0.4 is 10.6 Å². The maximum atomic E-state index is 12.1. The molecule has 0 aromatic heterocycles. The Balaban J connectivity index is 1.99. The van der Waals surface area contributed by atoms with Crippen LogP contribution in [0, 0.1) is 0 Å². The summed E-state index contributed by atoms with van der Waals surface area (Å²) in [6, 6.07) is 7.33. The molecule has 0 saturated heterocycles. The van der Waals surface area contributed by atoms with Crippen LogP contribution in [0.1, 0.15) is 49.4 Å². The zero-order valence-corrected chi connectivity index (χ0v) is 11.2. The molecule has 1 fully saturated rings. The zero-order chi connectivity index (χ0) is 13.7. The molecule has 0 spiro atoms. The molecule has 0 atom stereocenters. The number of benzene rings is 1. The highest BCUT2D eigenvalue weighted by Gasteiger charge is 2.16. The van der Waals surface area contributed by atoms with E-state index in [1.54, 1.807) is 24.3 Å². The summed E-state index contributed by atoms with van der Waals surface area (Å²) >= 11 is 0. The third-order valence-electron chi connectivity index (χ3n) is 3.39. The van der Waals surface area contributed by atoms with E-state index in [2.05, 4.69) is 10.6 Å². The second-order valence-electron chi connectivity index (χ2n) is 5.07. The van der Waals surface area contributed by atoms with Crippen molar-refractivity contribution >= 4 is 17.5 Å². The van der Waals surface area contributed by atoms with E-state index < -0.39 is 0 Å². The quantitative estimate of drug-likeness (QED) is 0.878. The van der Waals surface area contributed by atoms with Crippen LogP contribution in [0.3, 0.4) is 0 Å². The fraction of sp³-hybridized carbons (Fsp3) is 0.467. The van der Waals surface area contributed by atoms with Crippen LogP contribution in [0.25, 0.3) is 0 Å². The maximum absolute atomic E-state index is 12.1. The van der Waals surface area contributed by atoms with Crippen molar-refractivity contribution in [3.8, 4) is 0 Å². The molecule has 1 aliphatic rings. The zero-order valence-electron chi connectivity index (χ0n) is 11.2. The normalized spacial score (nSPS) is 15.8. The van der Waals surface area contributed by atoms with Crippen LogP contribution in [0.2, 0.25) is 0 Å². The molecular formula is C15H20N2O2. The van der Waals surface area contributed by atoms with Gasteiger partial charge in [-0.2, -0.15) is 0 Å². The average molecular weight is 260 g/mol. The predicted molar refractivity (Wildman–Crippen MR) is 75.1 cm³/mol. The molecule has 1 aromatic carbocycles. The molecule has 0 aliphatic heterocycles. The van der Waals surface area contributed by atoms with Crippen LogP contribution in [0.5, 0.6) is 0 Å². The second-order valence-corrected chi connectivity index (χ2v) is 5.07. The van der Waals surface area contributed by atoms with Gasteiger partial charge >= 0.3 is 0 Å². The van der Waals surface area contributed by atoms with Gasteiger partial charge < -0.3 is 10.6 Å². The van der Waals surface area contributed by atoms with Crippen molar-refractivity contribution in [3.05, 3.63) is 29.8 Å². The molecule has 1 aromatic rings. The molecule has 2 rings (SSSR count). The largest absolute Gasteiger partial charge is 0.349 e. The third kappa shape index (κ3) is 4.09. The van der Waals surface area contributed by atoms with Gasteiger partial charge in [0, 0.05) is 24.2 Å². The van der Waals surface area contributed by atoms with Gasteiger partial charge in [-0.1, -0.05) is 25.3 Å². The minimum Gasteiger partial charge on any atom is -0.349 e. The molecule has 2 amide bonds. The summed E-state index contributed by atoms with van der Waals surface area (Å²) in [5, 5.41) is 5.75. The molecule has 2 N–H and O–H groups in total. The molecule has 19 heavy (non-hydrogen) atoms. The van der Waals surface area contributed by atoms with Gasteiger partial charge in [0.1, 0.15) is 0 Å². The molecule has 1 saturated carbocycles. The van der Waals surface area contributed by atoms with Crippen molar-refractivity contribution in [2.75, 3.05) is 5.32 Å². The van der Waals surface area contributed by atoms with Crippen LogP contribution in [-0.2, 0) is 4.79 Å². The summed E-state index contributed by atoms with van der Waals surface area (Å²) in [6.45, 7) is 1.45. The smallest absolute Gasteiger partial charge is 0.251 e.